The Balaban J connectivity index is 2.74. The van der Waals surface area contributed by atoms with Crippen LogP contribution in [0.2, 0.25) is 0 Å². The van der Waals surface area contributed by atoms with Crippen LogP contribution >= 0.6 is 0 Å². The van der Waals surface area contributed by atoms with Gasteiger partial charge in [-0.2, -0.15) is 0 Å². The zero-order valence-electron chi connectivity index (χ0n) is 9.73. The molecule has 1 rings (SSSR count). The Labute approximate surface area is 99.9 Å². The first-order valence-corrected chi connectivity index (χ1v) is 5.47. The van der Waals surface area contributed by atoms with Gasteiger partial charge in [-0.05, 0) is 18.6 Å². The number of hydrogen-bond acceptors (Lipinski definition) is 3. The Kier molecular flexibility index (Phi) is 5.00. The quantitative estimate of drug-likeness (QED) is 0.607. The lowest BCUT2D eigenvalue weighted by Crippen LogP contribution is -2.21. The van der Waals surface area contributed by atoms with E-state index in [4.69, 9.17) is 10.5 Å². The van der Waals surface area contributed by atoms with Gasteiger partial charge in [0.2, 0.25) is 0 Å². The molecular weight excluding hydrogens is 220 g/mol. The van der Waals surface area contributed by atoms with E-state index in [2.05, 4.69) is 5.32 Å². The molecule has 1 aromatic carbocycles. The summed E-state index contributed by atoms with van der Waals surface area (Å²) >= 11 is 0. The Morgan fingerprint density at radius 2 is 2.06 bits per heavy atom. The number of carbonyl (C=O) groups excluding carboxylic acids is 2. The van der Waals surface area contributed by atoms with Crippen LogP contribution in [0.25, 0.3) is 0 Å². The molecule has 5 heteroatoms. The average Bonchev–Trinajstić information content (AvgIpc) is 2.29. The molecule has 0 saturated heterocycles. The van der Waals surface area contributed by atoms with E-state index in [-0.39, 0.29) is 0 Å². The van der Waals surface area contributed by atoms with E-state index in [1.165, 1.54) is 0 Å². The molecule has 1 aromatic rings. The number of para-hydroxylation sites is 1. The van der Waals surface area contributed by atoms with E-state index in [9.17, 15) is 9.59 Å². The van der Waals surface area contributed by atoms with Crippen LogP contribution in [0, 0.1) is 0 Å². The number of nitrogens with one attached hydrogen (secondary N) is 1. The van der Waals surface area contributed by atoms with Gasteiger partial charge in [-0.1, -0.05) is 25.5 Å². The van der Waals surface area contributed by atoms with Crippen molar-refractivity contribution in [3.63, 3.8) is 0 Å². The summed E-state index contributed by atoms with van der Waals surface area (Å²) in [5.41, 5.74) is 5.68. The van der Waals surface area contributed by atoms with Crippen molar-refractivity contribution in [2.24, 2.45) is 5.73 Å². The number of rotatable bonds is 5. The third-order valence-corrected chi connectivity index (χ3v) is 2.14. The lowest BCUT2D eigenvalue weighted by atomic mass is 10.2. The minimum atomic E-state index is -0.709. The average molecular weight is 236 g/mol. The lowest BCUT2D eigenvalue weighted by molar-refractivity contribution is 0.0501. The van der Waals surface area contributed by atoms with Gasteiger partial charge in [0.25, 0.3) is 0 Å². The van der Waals surface area contributed by atoms with Crippen molar-refractivity contribution in [2.45, 2.75) is 19.8 Å². The Morgan fingerprint density at radius 3 is 2.71 bits per heavy atom. The van der Waals surface area contributed by atoms with Crippen LogP contribution in [0.3, 0.4) is 0 Å². The molecule has 0 atom stereocenters. The summed E-state index contributed by atoms with van der Waals surface area (Å²) in [5, 5.41) is 2.38. The van der Waals surface area contributed by atoms with Gasteiger partial charge in [-0.15, -0.1) is 0 Å². The molecule has 0 aliphatic carbocycles. The predicted molar refractivity (Wildman–Crippen MR) is 64.8 cm³/mol. The fraction of sp³-hybridized carbons (Fsp3) is 0.333. The Hall–Kier alpha value is -2.04. The first-order chi connectivity index (χ1) is 8.15. The summed E-state index contributed by atoms with van der Waals surface area (Å²) in [6.07, 6.45) is 1.77. The number of benzene rings is 1. The van der Waals surface area contributed by atoms with Crippen molar-refractivity contribution in [1.82, 2.24) is 0 Å². The molecule has 0 aromatic heterocycles. The van der Waals surface area contributed by atoms with Gasteiger partial charge in [0.1, 0.15) is 0 Å². The molecule has 0 bridgehead atoms. The van der Waals surface area contributed by atoms with E-state index >= 15 is 0 Å². The molecular formula is C12H16N2O3. The summed E-state index contributed by atoms with van der Waals surface area (Å²) in [6.45, 7) is 2.39. The molecule has 0 saturated carbocycles. The van der Waals surface area contributed by atoms with Crippen LogP contribution in [0.4, 0.5) is 10.5 Å². The highest BCUT2D eigenvalue weighted by molar-refractivity contribution is 6.00. The van der Waals surface area contributed by atoms with Gasteiger partial charge in [0, 0.05) is 0 Å². The van der Waals surface area contributed by atoms with E-state index < -0.39 is 12.0 Å². The van der Waals surface area contributed by atoms with Gasteiger partial charge >= 0.3 is 12.0 Å². The number of unbranched alkanes of at least 4 members (excludes halogenated alkanes) is 1. The van der Waals surface area contributed by atoms with Crippen LogP contribution < -0.4 is 11.1 Å². The molecule has 5 nitrogen and oxygen atoms in total. The monoisotopic (exact) mass is 236 g/mol. The van der Waals surface area contributed by atoms with Crippen molar-refractivity contribution < 1.29 is 14.3 Å². The number of carbonyl (C=O) groups is 2. The van der Waals surface area contributed by atoms with Crippen molar-refractivity contribution in [2.75, 3.05) is 11.9 Å². The molecule has 0 fully saturated rings. The molecule has 0 spiro atoms. The Morgan fingerprint density at radius 1 is 1.35 bits per heavy atom. The second kappa shape index (κ2) is 6.52. The summed E-state index contributed by atoms with van der Waals surface area (Å²) in [7, 11) is 0. The fourth-order valence-corrected chi connectivity index (χ4v) is 1.29. The first kappa shape index (κ1) is 13.0. The number of urea groups is 1. The number of ether oxygens (including phenoxy) is 1. The molecule has 0 unspecified atom stereocenters. The highest BCUT2D eigenvalue weighted by Gasteiger charge is 2.12. The molecule has 0 aliphatic rings. The number of nitrogens with two attached hydrogens (primary N) is 1. The second-order valence-corrected chi connectivity index (χ2v) is 3.52. The molecule has 17 heavy (non-hydrogen) atoms. The van der Waals surface area contributed by atoms with Crippen molar-refractivity contribution in [1.29, 1.82) is 0 Å². The molecule has 0 radical (unpaired) electrons. The Bertz CT molecular complexity index is 404. The number of primary amides is 1. The number of esters is 1. The SMILES string of the molecule is CCCCOC(=O)c1ccccc1NC(N)=O. The maximum absolute atomic E-state index is 11.7. The zero-order valence-corrected chi connectivity index (χ0v) is 9.73. The summed E-state index contributed by atoms with van der Waals surface area (Å²) in [6, 6.07) is 5.87. The minimum absolute atomic E-state index is 0.308. The highest BCUT2D eigenvalue weighted by Crippen LogP contribution is 2.16. The van der Waals surface area contributed by atoms with Gasteiger partial charge in [-0.25, -0.2) is 9.59 Å². The van der Waals surface area contributed by atoms with Crippen LogP contribution in [-0.2, 0) is 4.74 Å². The highest BCUT2D eigenvalue weighted by atomic mass is 16.5. The molecule has 0 aliphatic heterocycles. The van der Waals surface area contributed by atoms with Crippen molar-refractivity contribution >= 4 is 17.7 Å². The summed E-state index contributed by atoms with van der Waals surface area (Å²) < 4.78 is 5.06. The standard InChI is InChI=1S/C12H16N2O3/c1-2-3-8-17-11(15)9-6-4-5-7-10(9)14-12(13)16/h4-7H,2-3,8H2,1H3,(H3,13,14,16). The smallest absolute Gasteiger partial charge is 0.340 e. The second-order valence-electron chi connectivity index (χ2n) is 3.52. The summed E-state index contributed by atoms with van der Waals surface area (Å²) in [4.78, 5) is 22.5. The predicted octanol–water partition coefficient (Wildman–Crippen LogP) is 2.13. The maximum Gasteiger partial charge on any atom is 0.340 e. The first-order valence-electron chi connectivity index (χ1n) is 5.47. The number of anilines is 1. The lowest BCUT2D eigenvalue weighted by Gasteiger charge is -2.09. The van der Waals surface area contributed by atoms with Crippen LogP contribution in [0.1, 0.15) is 30.1 Å². The molecule has 0 heterocycles. The van der Waals surface area contributed by atoms with Gasteiger partial charge in [0.05, 0.1) is 17.9 Å². The fourth-order valence-electron chi connectivity index (χ4n) is 1.29. The molecule has 2 amide bonds. The number of amides is 2. The zero-order chi connectivity index (χ0) is 12.7. The topological polar surface area (TPSA) is 81.4 Å². The van der Waals surface area contributed by atoms with E-state index in [1.54, 1.807) is 24.3 Å². The van der Waals surface area contributed by atoms with Crippen LogP contribution in [0.15, 0.2) is 24.3 Å². The minimum Gasteiger partial charge on any atom is -0.462 e. The van der Waals surface area contributed by atoms with E-state index in [0.29, 0.717) is 17.9 Å². The van der Waals surface area contributed by atoms with E-state index in [0.717, 1.165) is 12.8 Å². The van der Waals surface area contributed by atoms with E-state index in [1.807, 2.05) is 6.92 Å². The number of hydrogen-bond donors (Lipinski definition) is 2. The summed E-state index contributed by atoms with van der Waals surface area (Å²) in [5.74, 6) is -0.456. The van der Waals surface area contributed by atoms with Crippen molar-refractivity contribution in [3.8, 4) is 0 Å². The molecule has 92 valence electrons. The van der Waals surface area contributed by atoms with Gasteiger partial charge in [-0.3, -0.25) is 0 Å². The van der Waals surface area contributed by atoms with Crippen molar-refractivity contribution in [3.05, 3.63) is 29.8 Å². The molecule has 3 N–H and O–H groups in total. The third-order valence-electron chi connectivity index (χ3n) is 2.14. The normalized spacial score (nSPS) is 9.71. The van der Waals surface area contributed by atoms with Crippen LogP contribution in [-0.4, -0.2) is 18.6 Å². The maximum atomic E-state index is 11.7. The van der Waals surface area contributed by atoms with Gasteiger partial charge in [0.15, 0.2) is 0 Å². The van der Waals surface area contributed by atoms with Crippen LogP contribution in [0.5, 0.6) is 0 Å². The third kappa shape index (κ3) is 4.14. The largest absolute Gasteiger partial charge is 0.462 e. The van der Waals surface area contributed by atoms with Gasteiger partial charge < -0.3 is 15.8 Å².